The molecule has 1 aliphatic heterocycles. The van der Waals surface area contributed by atoms with Crippen LogP contribution < -0.4 is 4.72 Å². The number of hydrogen-bond donors (Lipinski definition) is 2. The van der Waals surface area contributed by atoms with Crippen LogP contribution in [0.15, 0.2) is 24.1 Å². The molecule has 2 amide bonds. The lowest BCUT2D eigenvalue weighted by Gasteiger charge is -2.22. The average Bonchev–Trinajstić information content (AvgIpc) is 2.36. The number of carbonyl (C=O) groups excluding carboxylic acids is 2. The third-order valence-corrected chi connectivity index (χ3v) is 2.48. The molecular formula is C10H15N3O4S2. The van der Waals surface area contributed by atoms with Crippen LogP contribution >= 0.6 is 24.8 Å². The fourth-order valence-electron chi connectivity index (χ4n) is 1.17. The zero-order chi connectivity index (χ0) is 14.3. The number of nitrogens with zero attached hydrogens (tertiary/aromatic N) is 2. The van der Waals surface area contributed by atoms with Crippen molar-refractivity contribution in [1.82, 2.24) is 13.9 Å². The van der Waals surface area contributed by atoms with Crippen molar-refractivity contribution >= 4 is 36.9 Å². The van der Waals surface area contributed by atoms with Gasteiger partial charge in [-0.25, -0.2) is 9.59 Å². The first kappa shape index (κ1) is 15.6. The van der Waals surface area contributed by atoms with Crippen molar-refractivity contribution in [3.05, 3.63) is 24.1 Å². The molecule has 7 nitrogen and oxygen atoms in total. The predicted molar refractivity (Wildman–Crippen MR) is 75.2 cm³/mol. The molecule has 1 heterocycles. The van der Waals surface area contributed by atoms with Crippen LogP contribution in [0.25, 0.3) is 0 Å². The van der Waals surface area contributed by atoms with Gasteiger partial charge in [-0.15, -0.1) is 0 Å². The Morgan fingerprint density at radius 3 is 3.00 bits per heavy atom. The number of rotatable bonds is 4. The highest BCUT2D eigenvalue weighted by Gasteiger charge is 2.12. The number of nitrogens with one attached hydrogen (secondary N) is 1. The largest absolute Gasteiger partial charge is 0.427 e. The number of ether oxygens (including phenoxy) is 2. The molecule has 0 fully saturated rings. The summed E-state index contributed by atoms with van der Waals surface area (Å²) in [7, 11) is 1.47. The Morgan fingerprint density at radius 2 is 2.37 bits per heavy atom. The van der Waals surface area contributed by atoms with E-state index in [0.29, 0.717) is 12.3 Å². The second-order valence-corrected chi connectivity index (χ2v) is 4.68. The Kier molecular flexibility index (Phi) is 6.43. The summed E-state index contributed by atoms with van der Waals surface area (Å²) in [6.07, 6.45) is 5.65. The van der Waals surface area contributed by atoms with Gasteiger partial charge in [-0.3, -0.25) is 9.03 Å². The van der Waals surface area contributed by atoms with Crippen molar-refractivity contribution in [3.63, 3.8) is 0 Å². The molecule has 1 N–H and O–H groups in total. The molecule has 1 rings (SSSR count). The van der Waals surface area contributed by atoms with Crippen molar-refractivity contribution in [2.45, 2.75) is 0 Å². The second kappa shape index (κ2) is 7.85. The van der Waals surface area contributed by atoms with Crippen molar-refractivity contribution in [2.24, 2.45) is 0 Å². The summed E-state index contributed by atoms with van der Waals surface area (Å²) in [4.78, 5) is 24.1. The van der Waals surface area contributed by atoms with Crippen LogP contribution in [-0.2, 0) is 9.47 Å². The number of allylic oxidation sites excluding steroid dienone is 1. The molecule has 0 radical (unpaired) electrons. The SMILES string of the molecule is CSNC(=O)OC1=CN(COC(=O)N(C)S)CC=C1. The summed E-state index contributed by atoms with van der Waals surface area (Å²) >= 11 is 4.95. The fraction of sp³-hybridized carbons (Fsp3) is 0.400. The number of thiol groups is 1. The molecular weight excluding hydrogens is 290 g/mol. The highest BCUT2D eigenvalue weighted by atomic mass is 32.2. The van der Waals surface area contributed by atoms with E-state index in [1.54, 1.807) is 29.5 Å². The van der Waals surface area contributed by atoms with Gasteiger partial charge >= 0.3 is 12.2 Å². The lowest BCUT2D eigenvalue weighted by atomic mass is 10.3. The van der Waals surface area contributed by atoms with Crippen molar-refractivity contribution in [1.29, 1.82) is 0 Å². The third kappa shape index (κ3) is 5.79. The van der Waals surface area contributed by atoms with Gasteiger partial charge in [0.1, 0.15) is 5.76 Å². The van der Waals surface area contributed by atoms with Crippen molar-refractivity contribution in [2.75, 3.05) is 26.6 Å². The van der Waals surface area contributed by atoms with Crippen LogP contribution in [0.3, 0.4) is 0 Å². The zero-order valence-corrected chi connectivity index (χ0v) is 12.2. The Labute approximate surface area is 121 Å². The number of amides is 2. The van der Waals surface area contributed by atoms with Crippen LogP contribution in [0.5, 0.6) is 0 Å². The van der Waals surface area contributed by atoms with E-state index in [1.165, 1.54) is 7.05 Å². The smallest absolute Gasteiger partial charge is 0.422 e. The Hall–Kier alpha value is -1.48. The van der Waals surface area contributed by atoms with E-state index >= 15 is 0 Å². The molecule has 0 saturated heterocycles. The fourth-order valence-corrected chi connectivity index (χ4v) is 1.44. The van der Waals surface area contributed by atoms with Gasteiger partial charge in [-0.2, -0.15) is 0 Å². The van der Waals surface area contributed by atoms with Crippen LogP contribution in [0.2, 0.25) is 0 Å². The van der Waals surface area contributed by atoms with Gasteiger partial charge in [0.15, 0.2) is 6.73 Å². The molecule has 106 valence electrons. The zero-order valence-electron chi connectivity index (χ0n) is 10.5. The normalized spacial score (nSPS) is 13.6. The minimum atomic E-state index is -0.561. The summed E-state index contributed by atoms with van der Waals surface area (Å²) in [5, 5.41) is 0. The summed E-state index contributed by atoms with van der Waals surface area (Å²) in [6.45, 7) is 0.603. The lowest BCUT2D eigenvalue weighted by molar-refractivity contribution is 0.0848. The lowest BCUT2D eigenvalue weighted by Crippen LogP contribution is -2.29. The maximum absolute atomic E-state index is 11.2. The van der Waals surface area contributed by atoms with Gasteiger partial charge in [0.05, 0.1) is 0 Å². The van der Waals surface area contributed by atoms with E-state index in [0.717, 1.165) is 16.3 Å². The molecule has 0 aromatic carbocycles. The molecule has 0 spiro atoms. The molecule has 0 aliphatic carbocycles. The Morgan fingerprint density at radius 1 is 1.63 bits per heavy atom. The van der Waals surface area contributed by atoms with Gasteiger partial charge in [-0.1, -0.05) is 30.8 Å². The topological polar surface area (TPSA) is 71.1 Å². The van der Waals surface area contributed by atoms with E-state index in [9.17, 15) is 9.59 Å². The predicted octanol–water partition coefficient (Wildman–Crippen LogP) is 1.57. The standard InChI is InChI=1S/C10H15N3O4S2/c1-12(18)10(15)16-7-13-5-3-4-8(6-13)17-9(14)11-19-2/h3-4,6,18H,5,7H2,1-2H3,(H,11,14). The molecule has 0 aromatic rings. The quantitative estimate of drug-likeness (QED) is 0.607. The minimum absolute atomic E-state index is 0.0467. The van der Waals surface area contributed by atoms with Crippen LogP contribution in [0, 0.1) is 0 Å². The number of hydrogen-bond acceptors (Lipinski definition) is 7. The van der Waals surface area contributed by atoms with Crippen LogP contribution in [0.1, 0.15) is 0 Å². The second-order valence-electron chi connectivity index (χ2n) is 3.46. The molecule has 0 atom stereocenters. The maximum atomic E-state index is 11.2. The van der Waals surface area contributed by atoms with Gasteiger partial charge in [0.25, 0.3) is 0 Å². The molecule has 0 aromatic heterocycles. The first-order chi connectivity index (χ1) is 9.02. The summed E-state index contributed by atoms with van der Waals surface area (Å²) in [6, 6.07) is 0. The molecule has 19 heavy (non-hydrogen) atoms. The van der Waals surface area contributed by atoms with Gasteiger partial charge < -0.3 is 14.4 Å². The Bertz CT molecular complexity index is 398. The van der Waals surface area contributed by atoms with Gasteiger partial charge in [0.2, 0.25) is 0 Å². The highest BCUT2D eigenvalue weighted by Crippen LogP contribution is 2.10. The molecule has 1 aliphatic rings. The maximum Gasteiger partial charge on any atom is 0.422 e. The molecule has 0 saturated carbocycles. The number of carbonyl (C=O) groups is 2. The highest BCUT2D eigenvalue weighted by molar-refractivity contribution is 7.97. The van der Waals surface area contributed by atoms with Gasteiger partial charge in [0, 0.05) is 26.0 Å². The molecule has 9 heteroatoms. The van der Waals surface area contributed by atoms with E-state index in [-0.39, 0.29) is 6.73 Å². The van der Waals surface area contributed by atoms with Crippen LogP contribution in [-0.4, -0.2) is 48.0 Å². The summed E-state index contributed by atoms with van der Waals surface area (Å²) in [5.41, 5.74) is 0. The monoisotopic (exact) mass is 305 g/mol. The first-order valence-electron chi connectivity index (χ1n) is 5.25. The first-order valence-corrected chi connectivity index (χ1v) is 6.88. The van der Waals surface area contributed by atoms with Gasteiger partial charge in [-0.05, 0) is 6.08 Å². The van der Waals surface area contributed by atoms with E-state index < -0.39 is 12.2 Å². The summed E-state index contributed by atoms with van der Waals surface area (Å²) in [5.74, 6) is 0.369. The third-order valence-electron chi connectivity index (χ3n) is 1.95. The molecule has 0 unspecified atom stereocenters. The van der Waals surface area contributed by atoms with Crippen LogP contribution in [0.4, 0.5) is 9.59 Å². The summed E-state index contributed by atoms with van der Waals surface area (Å²) < 4.78 is 13.4. The van der Waals surface area contributed by atoms with E-state index in [2.05, 4.69) is 17.5 Å². The van der Waals surface area contributed by atoms with E-state index in [4.69, 9.17) is 9.47 Å². The average molecular weight is 305 g/mol. The molecule has 0 bridgehead atoms. The minimum Gasteiger partial charge on any atom is -0.427 e. The Balaban J connectivity index is 2.45. The van der Waals surface area contributed by atoms with Crippen molar-refractivity contribution in [3.8, 4) is 0 Å². The van der Waals surface area contributed by atoms with E-state index in [1.807, 2.05) is 0 Å². The van der Waals surface area contributed by atoms with Crippen molar-refractivity contribution < 1.29 is 19.1 Å².